The van der Waals surface area contributed by atoms with Gasteiger partial charge in [-0.15, -0.1) is 0 Å². The van der Waals surface area contributed by atoms with Gasteiger partial charge in [-0.2, -0.15) is 0 Å². The van der Waals surface area contributed by atoms with Crippen molar-refractivity contribution >= 4 is 5.91 Å². The van der Waals surface area contributed by atoms with Crippen molar-refractivity contribution in [1.29, 1.82) is 0 Å². The van der Waals surface area contributed by atoms with E-state index in [9.17, 15) is 4.79 Å². The van der Waals surface area contributed by atoms with Gasteiger partial charge in [0.25, 0.3) is 5.91 Å². The van der Waals surface area contributed by atoms with Crippen molar-refractivity contribution in [3.63, 3.8) is 0 Å². The Morgan fingerprint density at radius 1 is 1.13 bits per heavy atom. The van der Waals surface area contributed by atoms with Gasteiger partial charge in [-0.3, -0.25) is 14.7 Å². The largest absolute Gasteiger partial charge is 0.341 e. The molecule has 1 amide bonds. The number of nitrogens with zero attached hydrogens (tertiary/aromatic N) is 3. The molecule has 1 aliphatic rings. The predicted octanol–water partition coefficient (Wildman–Crippen LogP) is 3.35. The molecule has 0 spiro atoms. The zero-order chi connectivity index (χ0) is 16.2. The summed E-state index contributed by atoms with van der Waals surface area (Å²) in [5.41, 5.74) is 1.88. The molecule has 1 saturated heterocycles. The zero-order valence-corrected chi connectivity index (χ0v) is 13.4. The quantitative estimate of drug-likeness (QED) is 0.850. The molecule has 118 valence electrons. The molecule has 4 nitrogen and oxygen atoms in total. The second-order valence-corrected chi connectivity index (χ2v) is 5.68. The van der Waals surface area contributed by atoms with Gasteiger partial charge in [0.1, 0.15) is 5.82 Å². The first-order valence-electron chi connectivity index (χ1n) is 7.94. The van der Waals surface area contributed by atoms with E-state index in [2.05, 4.69) is 23.4 Å². The summed E-state index contributed by atoms with van der Waals surface area (Å²) in [7, 11) is 0. The third kappa shape index (κ3) is 2.97. The number of carbonyl (C=O) groups is 1. The first kappa shape index (κ1) is 15.3. The van der Waals surface area contributed by atoms with Crippen LogP contribution in [0.15, 0.2) is 67.1 Å². The Morgan fingerprint density at radius 2 is 1.87 bits per heavy atom. The van der Waals surface area contributed by atoms with E-state index in [1.54, 1.807) is 11.1 Å². The van der Waals surface area contributed by atoms with Gasteiger partial charge in [0, 0.05) is 12.7 Å². The Labute approximate surface area is 137 Å². The average Bonchev–Trinajstić information content (AvgIpc) is 2.82. The zero-order valence-electron chi connectivity index (χ0n) is 13.4. The molecule has 0 saturated carbocycles. The molecular formula is C19H21N3O. The Balaban J connectivity index is 1.91. The highest BCUT2D eigenvalue weighted by Crippen LogP contribution is 2.35. The minimum absolute atomic E-state index is 0.0472. The molecule has 1 aromatic carbocycles. The van der Waals surface area contributed by atoms with Gasteiger partial charge >= 0.3 is 0 Å². The molecule has 23 heavy (non-hydrogen) atoms. The monoisotopic (exact) mass is 307 g/mol. The molecule has 0 radical (unpaired) electrons. The van der Waals surface area contributed by atoms with Crippen LogP contribution in [0.4, 0.5) is 0 Å². The highest BCUT2D eigenvalue weighted by Gasteiger charge is 2.42. The number of aromatic nitrogens is 1. The van der Waals surface area contributed by atoms with Crippen LogP contribution in [0.25, 0.3) is 0 Å². The van der Waals surface area contributed by atoms with Gasteiger partial charge in [0.15, 0.2) is 6.04 Å². The molecular weight excluding hydrogens is 286 g/mol. The fourth-order valence-electron chi connectivity index (χ4n) is 2.97. The lowest BCUT2D eigenvalue weighted by molar-refractivity contribution is -0.129. The van der Waals surface area contributed by atoms with E-state index in [4.69, 9.17) is 0 Å². The van der Waals surface area contributed by atoms with Crippen molar-refractivity contribution in [3.8, 4) is 0 Å². The maximum Gasteiger partial charge on any atom is 0.257 e. The van der Waals surface area contributed by atoms with E-state index < -0.39 is 0 Å². The third-order valence-electron chi connectivity index (χ3n) is 4.07. The van der Waals surface area contributed by atoms with Crippen LogP contribution in [0, 0.1) is 0 Å². The van der Waals surface area contributed by atoms with E-state index in [0.717, 1.165) is 30.0 Å². The topological polar surface area (TPSA) is 36.4 Å². The van der Waals surface area contributed by atoms with Gasteiger partial charge in [-0.25, -0.2) is 0 Å². The lowest BCUT2D eigenvalue weighted by Crippen LogP contribution is -2.26. The standard InChI is InChI=1S/C19H21N3O/c1-3-13-21-15(2)22(14-16-9-5-4-6-10-16)19(23)18(21)17-11-7-8-12-20-17/h4-12,18H,2-3,13-14H2,1H3. The van der Waals surface area contributed by atoms with Crippen LogP contribution < -0.4 is 0 Å². The molecule has 0 bridgehead atoms. The maximum absolute atomic E-state index is 13.0. The van der Waals surface area contributed by atoms with E-state index in [1.165, 1.54) is 0 Å². The smallest absolute Gasteiger partial charge is 0.257 e. The molecule has 1 atom stereocenters. The average molecular weight is 307 g/mol. The second-order valence-electron chi connectivity index (χ2n) is 5.68. The van der Waals surface area contributed by atoms with Crippen molar-refractivity contribution in [2.45, 2.75) is 25.9 Å². The van der Waals surface area contributed by atoms with Crippen LogP contribution in [0.3, 0.4) is 0 Å². The van der Waals surface area contributed by atoms with E-state index in [1.807, 2.05) is 48.5 Å². The fourth-order valence-corrected chi connectivity index (χ4v) is 2.97. The molecule has 3 rings (SSSR count). The minimum Gasteiger partial charge on any atom is -0.341 e. The SMILES string of the molecule is C=C1N(Cc2ccccc2)C(=O)C(c2ccccn2)N1CCC. The molecule has 0 N–H and O–H groups in total. The van der Waals surface area contributed by atoms with Crippen molar-refractivity contribution in [2.24, 2.45) is 0 Å². The number of hydrogen-bond donors (Lipinski definition) is 0. The molecule has 4 heteroatoms. The fraction of sp³-hybridized carbons (Fsp3) is 0.263. The first-order chi connectivity index (χ1) is 11.2. The summed E-state index contributed by atoms with van der Waals surface area (Å²) in [4.78, 5) is 21.2. The Kier molecular flexibility index (Phi) is 4.42. The summed E-state index contributed by atoms with van der Waals surface area (Å²) in [6, 6.07) is 15.3. The van der Waals surface area contributed by atoms with Gasteiger partial charge in [-0.05, 0) is 24.1 Å². The summed E-state index contributed by atoms with van der Waals surface area (Å²) >= 11 is 0. The van der Waals surface area contributed by atoms with E-state index >= 15 is 0 Å². The number of hydrogen-bond acceptors (Lipinski definition) is 3. The normalized spacial score (nSPS) is 17.9. The van der Waals surface area contributed by atoms with Gasteiger partial charge in [0.2, 0.25) is 0 Å². The number of amides is 1. The van der Waals surface area contributed by atoms with Crippen molar-refractivity contribution in [3.05, 3.63) is 78.4 Å². The van der Waals surface area contributed by atoms with Crippen molar-refractivity contribution < 1.29 is 4.79 Å². The number of pyridine rings is 1. The van der Waals surface area contributed by atoms with Crippen LogP contribution in [-0.4, -0.2) is 27.2 Å². The first-order valence-corrected chi connectivity index (χ1v) is 7.94. The number of carbonyl (C=O) groups excluding carboxylic acids is 1. The van der Waals surface area contributed by atoms with E-state index in [0.29, 0.717) is 6.54 Å². The molecule has 2 aromatic rings. The maximum atomic E-state index is 13.0. The lowest BCUT2D eigenvalue weighted by atomic mass is 10.1. The van der Waals surface area contributed by atoms with Crippen LogP contribution in [0.5, 0.6) is 0 Å². The van der Waals surface area contributed by atoms with Crippen molar-refractivity contribution in [2.75, 3.05) is 6.54 Å². The predicted molar refractivity (Wildman–Crippen MR) is 90.1 cm³/mol. The highest BCUT2D eigenvalue weighted by molar-refractivity contribution is 5.87. The summed E-state index contributed by atoms with van der Waals surface area (Å²) in [6.45, 7) is 7.60. The Bertz CT molecular complexity index is 684. The molecule has 1 unspecified atom stereocenters. The lowest BCUT2D eigenvalue weighted by Gasteiger charge is -2.24. The summed E-state index contributed by atoms with van der Waals surface area (Å²) < 4.78 is 0. The molecule has 1 fully saturated rings. The van der Waals surface area contributed by atoms with E-state index in [-0.39, 0.29) is 11.9 Å². The molecule has 2 heterocycles. The summed E-state index contributed by atoms with van der Waals surface area (Å²) in [6.07, 6.45) is 2.68. The highest BCUT2D eigenvalue weighted by atomic mass is 16.2. The summed E-state index contributed by atoms with van der Waals surface area (Å²) in [5.74, 6) is 0.808. The van der Waals surface area contributed by atoms with Crippen LogP contribution >= 0.6 is 0 Å². The van der Waals surface area contributed by atoms with Gasteiger partial charge in [0.05, 0.1) is 12.2 Å². The van der Waals surface area contributed by atoms with Gasteiger partial charge < -0.3 is 4.90 Å². The second kappa shape index (κ2) is 6.65. The third-order valence-corrected chi connectivity index (χ3v) is 4.07. The Hall–Kier alpha value is -2.62. The Morgan fingerprint density at radius 3 is 2.52 bits per heavy atom. The van der Waals surface area contributed by atoms with Crippen LogP contribution in [0.1, 0.15) is 30.6 Å². The number of benzene rings is 1. The number of rotatable bonds is 5. The molecule has 1 aliphatic heterocycles. The van der Waals surface area contributed by atoms with Crippen LogP contribution in [-0.2, 0) is 11.3 Å². The van der Waals surface area contributed by atoms with Crippen molar-refractivity contribution in [1.82, 2.24) is 14.8 Å². The minimum atomic E-state index is -0.368. The molecule has 0 aliphatic carbocycles. The summed E-state index contributed by atoms with van der Waals surface area (Å²) in [5, 5.41) is 0. The van der Waals surface area contributed by atoms with Crippen LogP contribution in [0.2, 0.25) is 0 Å². The molecule has 1 aromatic heterocycles. The van der Waals surface area contributed by atoms with Gasteiger partial charge in [-0.1, -0.05) is 49.9 Å².